The molecule has 0 bridgehead atoms. The lowest BCUT2D eigenvalue weighted by Crippen LogP contribution is -2.57. The highest BCUT2D eigenvalue weighted by Crippen LogP contribution is 2.38. The fraction of sp³-hybridized carbons (Fsp3) is 0.686. The smallest absolute Gasteiger partial charge is 0.410 e. The van der Waals surface area contributed by atoms with Crippen molar-refractivity contribution < 1.29 is 46.3 Å². The average Bonchev–Trinajstić information content (AvgIpc) is 3.96. The number of unbranched alkanes of at least 4 members (excludes halogenated alkanes) is 4. The van der Waals surface area contributed by atoms with E-state index >= 15 is 0 Å². The molecule has 2 aliphatic carbocycles. The van der Waals surface area contributed by atoms with Gasteiger partial charge in [0.2, 0.25) is 21.8 Å². The molecule has 2 saturated carbocycles. The number of likely N-dealkylation sites (tertiary alicyclic amines) is 1. The Morgan fingerprint density at radius 1 is 1.04 bits per heavy atom. The van der Waals surface area contributed by atoms with Gasteiger partial charge in [0.15, 0.2) is 0 Å². The number of amides is 5. The second kappa shape index (κ2) is 15.3. The number of halogens is 1. The molecule has 1 aromatic rings. The topological polar surface area (TPSA) is 181 Å². The normalized spacial score (nSPS) is 21.4. The van der Waals surface area contributed by atoms with E-state index in [2.05, 4.69) is 22.3 Å². The lowest BCUT2D eigenvalue weighted by atomic mass is 10.0. The van der Waals surface area contributed by atoms with Gasteiger partial charge in [0.1, 0.15) is 35.1 Å². The van der Waals surface area contributed by atoms with E-state index in [1.54, 1.807) is 32.9 Å². The van der Waals surface area contributed by atoms with Crippen LogP contribution in [0.3, 0.4) is 0 Å². The van der Waals surface area contributed by atoms with Gasteiger partial charge >= 0.3 is 12.2 Å². The molecule has 1 saturated heterocycles. The van der Waals surface area contributed by atoms with E-state index in [1.807, 2.05) is 0 Å². The van der Waals surface area contributed by atoms with E-state index in [9.17, 15) is 36.8 Å². The van der Waals surface area contributed by atoms with Gasteiger partial charge in [-0.05, 0) is 64.5 Å². The molecule has 2 heterocycles. The highest BCUT2D eigenvalue weighted by molar-refractivity contribution is 7.91. The van der Waals surface area contributed by atoms with Crippen LogP contribution in [0.25, 0.3) is 0 Å². The molecule has 1 aromatic carbocycles. The van der Waals surface area contributed by atoms with Crippen molar-refractivity contribution in [3.63, 3.8) is 0 Å². The van der Waals surface area contributed by atoms with Gasteiger partial charge in [0.25, 0.3) is 5.91 Å². The van der Waals surface area contributed by atoms with Gasteiger partial charge in [-0.2, -0.15) is 0 Å². The first-order chi connectivity index (χ1) is 24.0. The Morgan fingerprint density at radius 3 is 2.37 bits per heavy atom. The molecular weight excluding hydrogens is 685 g/mol. The zero-order valence-corrected chi connectivity index (χ0v) is 30.6. The zero-order valence-electron chi connectivity index (χ0n) is 29.8. The Labute approximate surface area is 298 Å². The van der Waals surface area contributed by atoms with Crippen LogP contribution in [0.2, 0.25) is 0 Å². The highest BCUT2D eigenvalue weighted by atomic mass is 32.2. The second-order valence-electron chi connectivity index (χ2n) is 15.1. The second-order valence-corrected chi connectivity index (χ2v) is 17.1. The van der Waals surface area contributed by atoms with Crippen molar-refractivity contribution in [2.75, 3.05) is 6.54 Å². The Balaban J connectivity index is 1.33. The number of nitrogens with one attached hydrogen (secondary N) is 3. The van der Waals surface area contributed by atoms with E-state index in [0.717, 1.165) is 25.7 Å². The lowest BCUT2D eigenvalue weighted by Gasteiger charge is -2.30. The summed E-state index contributed by atoms with van der Waals surface area (Å²) in [6.45, 7) is 7.12. The zero-order chi connectivity index (χ0) is 37.1. The number of hydrogen-bond donors (Lipinski definition) is 3. The van der Waals surface area contributed by atoms with Crippen LogP contribution < -0.4 is 15.4 Å². The van der Waals surface area contributed by atoms with Gasteiger partial charge in [-0.1, -0.05) is 51.2 Å². The predicted octanol–water partition coefficient (Wildman–Crippen LogP) is 3.76. The Morgan fingerprint density at radius 2 is 1.75 bits per heavy atom. The van der Waals surface area contributed by atoms with Crippen LogP contribution in [-0.2, 0) is 47.0 Å². The highest BCUT2D eigenvalue weighted by Gasteiger charge is 2.55. The molecule has 5 amide bonds. The number of fused-ring (bicyclic) bond motifs is 1. The first kappa shape index (κ1) is 38.3. The Kier molecular flexibility index (Phi) is 11.5. The number of ether oxygens (including phenoxy) is 2. The minimum atomic E-state index is -3.87. The molecule has 4 aliphatic rings. The monoisotopic (exact) mass is 735 g/mol. The first-order valence-electron chi connectivity index (χ1n) is 17.9. The molecule has 14 nitrogen and oxygen atoms in total. The van der Waals surface area contributed by atoms with Crippen molar-refractivity contribution in [3.8, 4) is 0 Å². The summed E-state index contributed by atoms with van der Waals surface area (Å²) >= 11 is 0. The van der Waals surface area contributed by atoms with Gasteiger partial charge in [0, 0.05) is 18.5 Å². The van der Waals surface area contributed by atoms with E-state index < -0.39 is 80.3 Å². The summed E-state index contributed by atoms with van der Waals surface area (Å²) < 4.78 is 52.7. The number of sulfonamides is 1. The van der Waals surface area contributed by atoms with Crippen LogP contribution >= 0.6 is 0 Å². The maximum atomic E-state index is 14.4. The van der Waals surface area contributed by atoms with Gasteiger partial charge in [-0.15, -0.1) is 0 Å². The molecule has 3 N–H and O–H groups in total. The summed E-state index contributed by atoms with van der Waals surface area (Å²) in [4.78, 5) is 70.0. The quantitative estimate of drug-likeness (QED) is 0.240. The third-order valence-electron chi connectivity index (χ3n) is 9.63. The Hall–Kier alpha value is -3.95. The molecule has 5 rings (SSSR count). The summed E-state index contributed by atoms with van der Waals surface area (Å²) in [7, 11) is -3.87. The molecule has 16 heteroatoms. The third kappa shape index (κ3) is 9.69. The minimum absolute atomic E-state index is 0.00142. The summed E-state index contributed by atoms with van der Waals surface area (Å²) in [5.74, 6) is -2.57. The van der Waals surface area contributed by atoms with E-state index in [1.165, 1.54) is 15.9 Å². The molecule has 0 unspecified atom stereocenters. The van der Waals surface area contributed by atoms with Crippen molar-refractivity contribution >= 4 is 39.9 Å². The van der Waals surface area contributed by atoms with E-state index in [0.29, 0.717) is 30.4 Å². The van der Waals surface area contributed by atoms with Crippen LogP contribution in [-0.4, -0.2) is 89.2 Å². The van der Waals surface area contributed by atoms with Gasteiger partial charge < -0.3 is 25.0 Å². The Bertz CT molecular complexity index is 1620. The summed E-state index contributed by atoms with van der Waals surface area (Å²) in [5, 5.41) is 4.72. The standard InChI is InChI=1S/C35H50FN5O9S/c1-5-6-7-8-9-13-27(37-32(45)50-34(2,3)4)30(43)41-20-23(49-33(46)40-19-22-11-10-12-26(36)25(22)21-40)18-28(41)29(42)38-35(16-17-35)31(44)39-51(47,48)24-14-15-24/h10-12,23-24,27-28H,5-9,13-21H2,1-4H3,(H,37,45)(H,38,42)(H,39,44)/t23-,27+,28+/m1/s1. The average molecular weight is 736 g/mol. The van der Waals surface area contributed by atoms with Crippen LogP contribution in [0.5, 0.6) is 0 Å². The van der Waals surface area contributed by atoms with Gasteiger partial charge in [-0.25, -0.2) is 22.4 Å². The van der Waals surface area contributed by atoms with E-state index in [4.69, 9.17) is 9.47 Å². The molecule has 0 radical (unpaired) electrons. The molecule has 282 valence electrons. The van der Waals surface area contributed by atoms with Gasteiger partial charge in [0.05, 0.1) is 18.3 Å². The molecule has 0 spiro atoms. The van der Waals surface area contributed by atoms with E-state index in [-0.39, 0.29) is 45.3 Å². The van der Waals surface area contributed by atoms with Crippen LogP contribution in [0.1, 0.15) is 109 Å². The lowest BCUT2D eigenvalue weighted by molar-refractivity contribution is -0.141. The molecule has 0 aromatic heterocycles. The first-order valence-corrected chi connectivity index (χ1v) is 19.5. The van der Waals surface area contributed by atoms with Crippen LogP contribution in [0.4, 0.5) is 14.0 Å². The fourth-order valence-electron chi connectivity index (χ4n) is 6.50. The van der Waals surface area contributed by atoms with Crippen molar-refractivity contribution in [1.82, 2.24) is 25.2 Å². The van der Waals surface area contributed by atoms with Crippen molar-refractivity contribution in [3.05, 3.63) is 35.1 Å². The van der Waals surface area contributed by atoms with Crippen molar-refractivity contribution in [2.24, 2.45) is 0 Å². The predicted molar refractivity (Wildman–Crippen MR) is 183 cm³/mol. The number of benzene rings is 1. The number of nitrogens with zero attached hydrogens (tertiary/aromatic N) is 2. The van der Waals surface area contributed by atoms with Crippen molar-refractivity contribution in [2.45, 2.75) is 146 Å². The summed E-state index contributed by atoms with van der Waals surface area (Å²) in [6, 6.07) is 2.33. The number of carbonyl (C=O) groups is 5. The minimum Gasteiger partial charge on any atom is -0.444 e. The van der Waals surface area contributed by atoms with Crippen LogP contribution in [0.15, 0.2) is 18.2 Å². The molecular formula is C35H50FN5O9S. The van der Waals surface area contributed by atoms with Crippen molar-refractivity contribution in [1.29, 1.82) is 0 Å². The maximum Gasteiger partial charge on any atom is 0.410 e. The number of rotatable bonds is 14. The molecule has 3 fully saturated rings. The molecule has 3 atom stereocenters. The number of alkyl carbamates (subject to hydrolysis) is 1. The summed E-state index contributed by atoms with van der Waals surface area (Å²) in [6.07, 6.45) is 3.39. The largest absolute Gasteiger partial charge is 0.444 e. The SMILES string of the molecule is CCCCCCC[C@H](NC(=O)OC(C)(C)C)C(=O)N1C[C@H](OC(=O)N2Cc3cccc(F)c3C2)C[C@H]1C(=O)NC1(C(=O)NS(=O)(=O)C2CC2)CC1. The van der Waals surface area contributed by atoms with Gasteiger partial charge in [-0.3, -0.25) is 24.0 Å². The maximum absolute atomic E-state index is 14.4. The molecule has 51 heavy (non-hydrogen) atoms. The van der Waals surface area contributed by atoms with Crippen LogP contribution in [0, 0.1) is 5.82 Å². The summed E-state index contributed by atoms with van der Waals surface area (Å²) in [5.41, 5.74) is -1.25. The fourth-order valence-corrected chi connectivity index (χ4v) is 7.88. The molecule has 2 aliphatic heterocycles. The number of carbonyl (C=O) groups excluding carboxylic acids is 5. The number of hydrogen-bond acceptors (Lipinski definition) is 9. The third-order valence-corrected chi connectivity index (χ3v) is 11.4.